The Labute approximate surface area is 107 Å². The fourth-order valence-corrected chi connectivity index (χ4v) is 3.22. The molecule has 2 aliphatic carbocycles. The van der Waals surface area contributed by atoms with E-state index in [0.717, 1.165) is 6.42 Å². The van der Waals surface area contributed by atoms with Crippen LogP contribution in [0.2, 0.25) is 0 Å². The van der Waals surface area contributed by atoms with Crippen LogP contribution in [0.15, 0.2) is 48.6 Å². The van der Waals surface area contributed by atoms with Crippen molar-refractivity contribution in [2.75, 3.05) is 0 Å². The van der Waals surface area contributed by atoms with Crippen LogP contribution in [0.1, 0.15) is 17.7 Å². The average Bonchev–Trinajstić information content (AvgIpc) is 2.73. The second kappa shape index (κ2) is 3.49. The largest absolute Gasteiger partial charge is 0.344 e. The van der Waals surface area contributed by atoms with E-state index < -0.39 is 0 Å². The summed E-state index contributed by atoms with van der Waals surface area (Å²) in [4.78, 5) is 0. The molecule has 88 valence electrons. The van der Waals surface area contributed by atoms with E-state index in [0.29, 0.717) is 5.92 Å². The number of benzene rings is 1. The van der Waals surface area contributed by atoms with E-state index in [-0.39, 0.29) is 0 Å². The minimum absolute atomic E-state index is 0.563. The van der Waals surface area contributed by atoms with Gasteiger partial charge in [0.2, 0.25) is 0 Å². The summed E-state index contributed by atoms with van der Waals surface area (Å²) in [7, 11) is 2.16. The lowest BCUT2D eigenvalue weighted by Crippen LogP contribution is -2.07. The molecule has 1 heteroatoms. The Morgan fingerprint density at radius 3 is 3.06 bits per heavy atom. The second-order valence-corrected chi connectivity index (χ2v) is 5.09. The molecule has 0 amide bonds. The average molecular weight is 233 g/mol. The van der Waals surface area contributed by atoms with Gasteiger partial charge in [-0.25, -0.2) is 0 Å². The fraction of sp³-hybridized carbons (Fsp3) is 0.176. The van der Waals surface area contributed by atoms with Gasteiger partial charge < -0.3 is 4.57 Å². The summed E-state index contributed by atoms with van der Waals surface area (Å²) in [6, 6.07) is 8.69. The van der Waals surface area contributed by atoms with Gasteiger partial charge in [-0.05, 0) is 24.1 Å². The molecule has 1 unspecified atom stereocenters. The van der Waals surface area contributed by atoms with Gasteiger partial charge in [0.15, 0.2) is 0 Å². The van der Waals surface area contributed by atoms with Gasteiger partial charge >= 0.3 is 0 Å². The maximum Gasteiger partial charge on any atom is 0.0488 e. The Balaban J connectivity index is 2.14. The molecular weight excluding hydrogens is 218 g/mol. The van der Waals surface area contributed by atoms with E-state index in [2.05, 4.69) is 66.3 Å². The van der Waals surface area contributed by atoms with Crippen molar-refractivity contribution in [2.45, 2.75) is 6.42 Å². The quantitative estimate of drug-likeness (QED) is 0.643. The molecule has 4 rings (SSSR count). The Morgan fingerprint density at radius 1 is 1.22 bits per heavy atom. The molecule has 0 N–H and O–H groups in total. The van der Waals surface area contributed by atoms with Crippen LogP contribution in [0, 0.1) is 5.92 Å². The van der Waals surface area contributed by atoms with Crippen LogP contribution in [-0.2, 0) is 7.05 Å². The Morgan fingerprint density at radius 2 is 2.11 bits per heavy atom. The van der Waals surface area contributed by atoms with Gasteiger partial charge in [-0.15, -0.1) is 0 Å². The number of hydrogen-bond donors (Lipinski definition) is 0. The minimum Gasteiger partial charge on any atom is -0.344 e. The number of nitrogens with zero attached hydrogens (tertiary/aromatic N) is 1. The highest BCUT2D eigenvalue weighted by Gasteiger charge is 2.25. The number of rotatable bonds is 0. The van der Waals surface area contributed by atoms with Crippen LogP contribution in [0.4, 0.5) is 0 Å². The first-order valence-electron chi connectivity index (χ1n) is 6.49. The number of allylic oxidation sites excluding steroid dienone is 5. The van der Waals surface area contributed by atoms with E-state index in [4.69, 9.17) is 0 Å². The van der Waals surface area contributed by atoms with E-state index in [1.54, 1.807) is 0 Å². The molecule has 0 spiro atoms. The number of aromatic nitrogens is 1. The molecule has 1 nitrogen and oxygen atoms in total. The highest BCUT2D eigenvalue weighted by atomic mass is 14.9. The van der Waals surface area contributed by atoms with Gasteiger partial charge in [-0.1, -0.05) is 42.5 Å². The molecule has 0 fully saturated rings. The fourth-order valence-electron chi connectivity index (χ4n) is 3.22. The van der Waals surface area contributed by atoms with Crippen LogP contribution < -0.4 is 0 Å². The minimum atomic E-state index is 0.563. The first kappa shape index (κ1) is 9.95. The summed E-state index contributed by atoms with van der Waals surface area (Å²) >= 11 is 0. The molecule has 1 heterocycles. The number of aryl methyl sites for hydroxylation is 1. The first-order chi connectivity index (χ1) is 8.86. The van der Waals surface area contributed by atoms with Crippen LogP contribution >= 0.6 is 0 Å². The first-order valence-corrected chi connectivity index (χ1v) is 6.49. The summed E-state index contributed by atoms with van der Waals surface area (Å²) in [6.07, 6.45) is 12.5. The highest BCUT2D eigenvalue weighted by molar-refractivity contribution is 6.00. The topological polar surface area (TPSA) is 4.93 Å². The zero-order valence-corrected chi connectivity index (χ0v) is 10.4. The maximum atomic E-state index is 2.34. The van der Waals surface area contributed by atoms with Crippen LogP contribution in [0.3, 0.4) is 0 Å². The Bertz CT molecular complexity index is 725. The zero-order chi connectivity index (χ0) is 12.1. The van der Waals surface area contributed by atoms with Crippen molar-refractivity contribution in [3.63, 3.8) is 0 Å². The van der Waals surface area contributed by atoms with Crippen LogP contribution in [0.25, 0.3) is 22.6 Å². The third-order valence-corrected chi connectivity index (χ3v) is 4.13. The third kappa shape index (κ3) is 1.16. The summed E-state index contributed by atoms with van der Waals surface area (Å²) < 4.78 is 2.30. The van der Waals surface area contributed by atoms with Crippen molar-refractivity contribution in [1.29, 1.82) is 0 Å². The summed E-state index contributed by atoms with van der Waals surface area (Å²) in [5, 5.41) is 1.38. The van der Waals surface area contributed by atoms with Gasteiger partial charge in [-0.2, -0.15) is 0 Å². The molecule has 18 heavy (non-hydrogen) atoms. The molecule has 0 saturated heterocycles. The van der Waals surface area contributed by atoms with Gasteiger partial charge in [0.1, 0.15) is 0 Å². The molecule has 0 radical (unpaired) electrons. The molecule has 1 aromatic heterocycles. The van der Waals surface area contributed by atoms with Crippen molar-refractivity contribution in [3.05, 3.63) is 59.8 Å². The van der Waals surface area contributed by atoms with Crippen LogP contribution in [0.5, 0.6) is 0 Å². The van der Waals surface area contributed by atoms with E-state index in [1.807, 2.05) is 0 Å². The highest BCUT2D eigenvalue weighted by Crippen LogP contribution is 2.42. The van der Waals surface area contributed by atoms with Gasteiger partial charge in [0, 0.05) is 35.1 Å². The van der Waals surface area contributed by atoms with E-state index in [9.17, 15) is 0 Å². The predicted octanol–water partition coefficient (Wildman–Crippen LogP) is 4.16. The predicted molar refractivity (Wildman–Crippen MR) is 77.2 cm³/mol. The summed E-state index contributed by atoms with van der Waals surface area (Å²) in [6.45, 7) is 0. The Kier molecular flexibility index (Phi) is 1.93. The molecule has 1 aromatic carbocycles. The van der Waals surface area contributed by atoms with Crippen molar-refractivity contribution in [2.24, 2.45) is 13.0 Å². The normalized spacial score (nSPS) is 20.7. The van der Waals surface area contributed by atoms with Gasteiger partial charge in [0.05, 0.1) is 0 Å². The smallest absolute Gasteiger partial charge is 0.0488 e. The molecule has 1 atom stereocenters. The van der Waals surface area contributed by atoms with E-state index in [1.165, 1.54) is 27.7 Å². The molecule has 0 aliphatic heterocycles. The second-order valence-electron chi connectivity index (χ2n) is 5.09. The lowest BCUT2D eigenvalue weighted by atomic mass is 9.82. The molecule has 2 aromatic rings. The summed E-state index contributed by atoms with van der Waals surface area (Å²) in [5.41, 5.74) is 5.58. The standard InChI is InChI=1S/C17H15N/c1-18-15-9-5-4-8-14(15)17-13-7-3-2-6-12(13)10-11-16(17)18/h2-5,7-12H,6H2,1H3. The lowest BCUT2D eigenvalue weighted by molar-refractivity contribution is 0.835. The van der Waals surface area contributed by atoms with Crippen LogP contribution in [-0.4, -0.2) is 4.57 Å². The van der Waals surface area contributed by atoms with Crippen molar-refractivity contribution < 1.29 is 0 Å². The lowest BCUT2D eigenvalue weighted by Gasteiger charge is -2.23. The zero-order valence-electron chi connectivity index (χ0n) is 10.4. The van der Waals surface area contributed by atoms with Crippen molar-refractivity contribution in [3.8, 4) is 0 Å². The van der Waals surface area contributed by atoms with Gasteiger partial charge in [-0.3, -0.25) is 0 Å². The van der Waals surface area contributed by atoms with E-state index >= 15 is 0 Å². The monoisotopic (exact) mass is 233 g/mol. The van der Waals surface area contributed by atoms with Gasteiger partial charge in [0.25, 0.3) is 0 Å². The summed E-state index contributed by atoms with van der Waals surface area (Å²) in [5.74, 6) is 0.563. The molecule has 0 saturated carbocycles. The van der Waals surface area contributed by atoms with Crippen molar-refractivity contribution >= 4 is 22.6 Å². The molecule has 0 bridgehead atoms. The Hall–Kier alpha value is -2.02. The third-order valence-electron chi connectivity index (χ3n) is 4.13. The molecule has 2 aliphatic rings. The van der Waals surface area contributed by atoms with Crippen molar-refractivity contribution in [1.82, 2.24) is 4.57 Å². The number of hydrogen-bond acceptors (Lipinski definition) is 0. The number of fused-ring (bicyclic) bond motifs is 5. The maximum absolute atomic E-state index is 2.34. The SMILES string of the molecule is Cn1c2c(c3ccccc31)C1=CC=CCC1C=C2. The molecular formula is C17H15N. The number of para-hydroxylation sites is 1.